The number of esters is 1. The molecule has 0 amide bonds. The van der Waals surface area contributed by atoms with Crippen LogP contribution in [0.2, 0.25) is 0 Å². The standard InChI is InChI=1S/C25H34O4/c1-14-11-18-19(23(5)13-15(2)22(28)12-21(14)23)7-9-24(6)20(18)8-10-25(24,16(3)26)29-17(4)27/h11-12,15,18-20H,7-10,13H2,1-6H3/t15-,18-,19-,20-,23-,24+,25-/m1/s1. The molecular weight excluding hydrogens is 364 g/mol. The zero-order chi connectivity index (χ0) is 21.4. The van der Waals surface area contributed by atoms with Gasteiger partial charge in [-0.15, -0.1) is 0 Å². The smallest absolute Gasteiger partial charge is 0.303 e. The average molecular weight is 399 g/mol. The van der Waals surface area contributed by atoms with Gasteiger partial charge in [-0.3, -0.25) is 14.4 Å². The number of hydrogen-bond acceptors (Lipinski definition) is 4. The van der Waals surface area contributed by atoms with Gasteiger partial charge in [0.1, 0.15) is 0 Å². The molecule has 0 N–H and O–H groups in total. The number of carbonyl (C=O) groups excluding carboxylic acids is 3. The molecule has 0 unspecified atom stereocenters. The first-order valence-corrected chi connectivity index (χ1v) is 11.1. The van der Waals surface area contributed by atoms with E-state index < -0.39 is 5.60 Å². The van der Waals surface area contributed by atoms with E-state index in [1.165, 1.54) is 18.1 Å². The monoisotopic (exact) mass is 398 g/mol. The molecule has 0 bridgehead atoms. The lowest BCUT2D eigenvalue weighted by Gasteiger charge is -2.58. The Morgan fingerprint density at radius 3 is 2.38 bits per heavy atom. The van der Waals surface area contributed by atoms with Crippen LogP contribution in [0.4, 0.5) is 0 Å². The lowest BCUT2D eigenvalue weighted by atomic mass is 9.46. The van der Waals surface area contributed by atoms with Gasteiger partial charge >= 0.3 is 5.97 Å². The molecule has 0 radical (unpaired) electrons. The minimum Gasteiger partial charge on any atom is -0.451 e. The van der Waals surface area contributed by atoms with E-state index in [0.717, 1.165) is 25.7 Å². The van der Waals surface area contributed by atoms with Crippen molar-refractivity contribution in [3.05, 3.63) is 23.3 Å². The molecule has 0 saturated heterocycles. The summed E-state index contributed by atoms with van der Waals surface area (Å²) < 4.78 is 5.84. The lowest BCUT2D eigenvalue weighted by molar-refractivity contribution is -0.185. The highest BCUT2D eigenvalue weighted by Gasteiger charge is 2.67. The largest absolute Gasteiger partial charge is 0.451 e. The Morgan fingerprint density at radius 1 is 1.10 bits per heavy atom. The number of ketones is 2. The van der Waals surface area contributed by atoms with Gasteiger partial charge in [-0.05, 0) is 80.8 Å². The number of rotatable bonds is 2. The van der Waals surface area contributed by atoms with E-state index in [2.05, 4.69) is 26.8 Å². The molecule has 0 heterocycles. The number of Topliss-reactive ketones (excluding diaryl/α,β-unsaturated/α-hetero) is 1. The maximum atomic E-state index is 12.8. The Hall–Kier alpha value is -1.71. The number of carbonyl (C=O) groups is 3. The molecule has 0 aromatic rings. The van der Waals surface area contributed by atoms with Crippen LogP contribution >= 0.6 is 0 Å². The number of hydrogen-bond donors (Lipinski definition) is 0. The van der Waals surface area contributed by atoms with Crippen molar-refractivity contribution in [2.45, 2.75) is 79.2 Å². The summed E-state index contributed by atoms with van der Waals surface area (Å²) in [7, 11) is 0. The van der Waals surface area contributed by atoms with Gasteiger partial charge < -0.3 is 4.74 Å². The van der Waals surface area contributed by atoms with Crippen LogP contribution in [0.15, 0.2) is 23.3 Å². The predicted octanol–water partition coefficient (Wildman–Crippen LogP) is 4.82. The average Bonchev–Trinajstić information content (AvgIpc) is 2.91. The van der Waals surface area contributed by atoms with Crippen LogP contribution in [0.5, 0.6) is 0 Å². The number of allylic oxidation sites excluding steroid dienone is 4. The Morgan fingerprint density at radius 2 is 1.76 bits per heavy atom. The second-order valence-electron chi connectivity index (χ2n) is 10.6. The lowest BCUT2D eigenvalue weighted by Crippen LogP contribution is -2.58. The predicted molar refractivity (Wildman–Crippen MR) is 111 cm³/mol. The molecule has 0 aliphatic heterocycles. The van der Waals surface area contributed by atoms with Crippen molar-refractivity contribution in [2.24, 2.45) is 34.5 Å². The Bertz CT molecular complexity index is 851. The van der Waals surface area contributed by atoms with Crippen molar-refractivity contribution in [1.29, 1.82) is 0 Å². The van der Waals surface area contributed by atoms with Gasteiger partial charge in [0.05, 0.1) is 0 Å². The van der Waals surface area contributed by atoms with Crippen molar-refractivity contribution >= 4 is 17.5 Å². The molecule has 0 aromatic carbocycles. The fourth-order valence-corrected chi connectivity index (χ4v) is 7.82. The Kier molecular flexibility index (Phi) is 4.53. The van der Waals surface area contributed by atoms with Crippen LogP contribution in [0.25, 0.3) is 0 Å². The molecule has 158 valence electrons. The van der Waals surface area contributed by atoms with Gasteiger partial charge in [0.15, 0.2) is 17.2 Å². The van der Waals surface area contributed by atoms with E-state index in [0.29, 0.717) is 24.2 Å². The zero-order valence-electron chi connectivity index (χ0n) is 18.6. The van der Waals surface area contributed by atoms with E-state index in [4.69, 9.17) is 4.74 Å². The number of ether oxygens (including phenoxy) is 1. The van der Waals surface area contributed by atoms with E-state index >= 15 is 0 Å². The molecule has 0 aromatic heterocycles. The maximum Gasteiger partial charge on any atom is 0.303 e. The first-order chi connectivity index (χ1) is 13.5. The Labute approximate surface area is 174 Å². The van der Waals surface area contributed by atoms with Crippen LogP contribution in [-0.4, -0.2) is 23.1 Å². The van der Waals surface area contributed by atoms with E-state index in [-0.39, 0.29) is 34.3 Å². The zero-order valence-corrected chi connectivity index (χ0v) is 18.6. The van der Waals surface area contributed by atoms with Crippen LogP contribution in [0.1, 0.15) is 73.6 Å². The summed E-state index contributed by atoms with van der Waals surface area (Å²) in [4.78, 5) is 37.2. The summed E-state index contributed by atoms with van der Waals surface area (Å²) >= 11 is 0. The molecular formula is C25H34O4. The third-order valence-corrected chi connectivity index (χ3v) is 9.14. The fraction of sp³-hybridized carbons (Fsp3) is 0.720. The minimum atomic E-state index is -0.997. The molecule has 0 spiro atoms. The van der Waals surface area contributed by atoms with E-state index in [9.17, 15) is 14.4 Å². The van der Waals surface area contributed by atoms with Crippen LogP contribution in [0.3, 0.4) is 0 Å². The first-order valence-electron chi connectivity index (χ1n) is 11.1. The summed E-state index contributed by atoms with van der Waals surface area (Å²) in [6, 6.07) is 0. The third-order valence-electron chi connectivity index (χ3n) is 9.14. The highest BCUT2D eigenvalue weighted by molar-refractivity contribution is 5.94. The number of fused-ring (bicyclic) bond motifs is 5. The van der Waals surface area contributed by atoms with Crippen molar-refractivity contribution in [1.82, 2.24) is 0 Å². The third kappa shape index (κ3) is 2.60. The SMILES string of the molecule is CC(=O)O[C@@]1(C(C)=O)CC[C@@H]2[C@@H]3C=C(C)C4=CC(=O)[C@H](C)C[C@]4(C)[C@@H]3CC[C@@]21C. The summed E-state index contributed by atoms with van der Waals surface area (Å²) in [6.07, 6.45) is 8.56. The second-order valence-corrected chi connectivity index (χ2v) is 10.6. The summed E-state index contributed by atoms with van der Waals surface area (Å²) in [5.41, 5.74) is 1.10. The summed E-state index contributed by atoms with van der Waals surface area (Å²) in [6.45, 7) is 11.7. The highest BCUT2D eigenvalue weighted by atomic mass is 16.6. The van der Waals surface area contributed by atoms with E-state index in [1.54, 1.807) is 6.92 Å². The van der Waals surface area contributed by atoms with Crippen LogP contribution in [-0.2, 0) is 19.1 Å². The molecule has 4 aliphatic carbocycles. The topological polar surface area (TPSA) is 60.4 Å². The molecule has 29 heavy (non-hydrogen) atoms. The molecule has 4 nitrogen and oxygen atoms in total. The Balaban J connectivity index is 1.79. The second kappa shape index (κ2) is 6.39. The van der Waals surface area contributed by atoms with Gasteiger partial charge in [-0.2, -0.15) is 0 Å². The minimum absolute atomic E-state index is 0.00105. The van der Waals surface area contributed by atoms with Crippen molar-refractivity contribution in [3.8, 4) is 0 Å². The molecule has 4 aliphatic rings. The normalized spacial score (nSPS) is 46.1. The van der Waals surface area contributed by atoms with Gasteiger partial charge in [-0.25, -0.2) is 0 Å². The van der Waals surface area contributed by atoms with Gasteiger partial charge in [0, 0.05) is 18.3 Å². The molecule has 7 atom stereocenters. The van der Waals surface area contributed by atoms with Crippen LogP contribution in [0, 0.1) is 34.5 Å². The molecule has 2 saturated carbocycles. The van der Waals surface area contributed by atoms with Gasteiger partial charge in [0.2, 0.25) is 0 Å². The van der Waals surface area contributed by atoms with Crippen molar-refractivity contribution in [2.75, 3.05) is 0 Å². The maximum absolute atomic E-state index is 12.8. The quantitative estimate of drug-likeness (QED) is 0.626. The fourth-order valence-electron chi connectivity index (χ4n) is 7.82. The van der Waals surface area contributed by atoms with Gasteiger partial charge in [0.25, 0.3) is 0 Å². The first kappa shape index (κ1) is 20.6. The summed E-state index contributed by atoms with van der Waals surface area (Å²) in [5, 5.41) is 0. The molecule has 4 rings (SSSR count). The highest BCUT2D eigenvalue weighted by Crippen LogP contribution is 2.68. The molecule has 4 heteroatoms. The molecule has 2 fully saturated rings. The van der Waals surface area contributed by atoms with Crippen LogP contribution < -0.4 is 0 Å². The van der Waals surface area contributed by atoms with E-state index in [1.807, 2.05) is 13.0 Å². The summed E-state index contributed by atoms with van der Waals surface area (Å²) in [5.74, 6) is 1.05. The van der Waals surface area contributed by atoms with Crippen molar-refractivity contribution < 1.29 is 19.1 Å². The van der Waals surface area contributed by atoms with Crippen molar-refractivity contribution in [3.63, 3.8) is 0 Å². The van der Waals surface area contributed by atoms with Gasteiger partial charge in [-0.1, -0.05) is 32.4 Å².